The van der Waals surface area contributed by atoms with Crippen molar-refractivity contribution in [2.75, 3.05) is 20.3 Å². The van der Waals surface area contributed by atoms with Crippen LogP contribution >= 0.6 is 0 Å². The van der Waals surface area contributed by atoms with Crippen LogP contribution in [0.2, 0.25) is 0 Å². The van der Waals surface area contributed by atoms with Crippen LogP contribution in [0.5, 0.6) is 28.7 Å². The number of carbonyl (C=O) groups excluding carboxylic acids is 4. The summed E-state index contributed by atoms with van der Waals surface area (Å²) in [6.45, 7) is 6.77. The molecule has 0 amide bonds. The van der Waals surface area contributed by atoms with Crippen molar-refractivity contribution in [3.63, 3.8) is 0 Å². The number of aromatic hydroxyl groups is 2. The molecule has 1 heterocycles. The fourth-order valence-electron chi connectivity index (χ4n) is 6.57. The van der Waals surface area contributed by atoms with Crippen LogP contribution in [0.1, 0.15) is 179 Å². The summed E-state index contributed by atoms with van der Waals surface area (Å²) in [5.41, 5.74) is 2.16. The van der Waals surface area contributed by atoms with E-state index >= 15 is 0 Å². The maximum atomic E-state index is 12.7. The first-order valence-corrected chi connectivity index (χ1v) is 21.7. The molecule has 1 aromatic heterocycles. The number of rotatable bonds is 25. The SMILES string of the molecule is C.C.C.C.C.C.C.C.C.COc1ccc(-c2nc(-c3ccc(OC(C)C(C)=O)cc3O)nc(-c3ccc(OC(C)C(=O)OCCCCCCCCCCCCOC(=O)c4ccc(C(C)=O)cc4)cc3O)n2)cc1. The number of carbonyl (C=O) groups is 4. The standard InChI is InChI=1S/C50H57N3O11.9CH4/c1-32(54)34(3)63-40-24-26-42(44(56)30-40)47-51-46(37-20-22-39(60-5)23-21-37)52-48(53-47)43-27-25-41(31-45(43)57)64-35(4)49(58)61-28-14-12-10-8-6-7-9-11-13-15-29-62-50(59)38-18-16-36(17-19-38)33(2)55;;;;;;;;;/h16-27,30-31,34-35,56-57H,6-15,28-29H2,1-5H3;9*1H4. The lowest BCUT2D eigenvalue weighted by Gasteiger charge is -2.15. The molecule has 5 rings (SSSR count). The minimum atomic E-state index is -0.929. The van der Waals surface area contributed by atoms with Crippen molar-refractivity contribution < 1.29 is 53.1 Å². The Kier molecular flexibility index (Phi) is 39.0. The van der Waals surface area contributed by atoms with Crippen LogP contribution in [-0.4, -0.2) is 81.2 Å². The smallest absolute Gasteiger partial charge is 0.347 e. The summed E-state index contributed by atoms with van der Waals surface area (Å²) in [5, 5.41) is 22.2. The Bertz CT molecular complexity index is 2350. The number of phenols is 2. The Balaban J connectivity index is -0.00000171. The zero-order valence-corrected chi connectivity index (χ0v) is 37.1. The second-order valence-electron chi connectivity index (χ2n) is 15.5. The van der Waals surface area contributed by atoms with Crippen molar-refractivity contribution in [1.29, 1.82) is 0 Å². The van der Waals surface area contributed by atoms with Gasteiger partial charge >= 0.3 is 11.9 Å². The molecule has 2 unspecified atom stereocenters. The molecule has 5 aromatic rings. The van der Waals surface area contributed by atoms with Gasteiger partial charge in [0, 0.05) is 23.3 Å². The Labute approximate surface area is 440 Å². The van der Waals surface area contributed by atoms with Gasteiger partial charge in [-0.15, -0.1) is 0 Å². The van der Waals surface area contributed by atoms with E-state index in [1.807, 2.05) is 0 Å². The van der Waals surface area contributed by atoms with Gasteiger partial charge in [0.15, 0.2) is 41.2 Å². The van der Waals surface area contributed by atoms with Crippen LogP contribution in [-0.2, 0) is 19.1 Å². The number of ketones is 2. The number of methoxy groups -OCH3 is 1. The van der Waals surface area contributed by atoms with Gasteiger partial charge in [-0.2, -0.15) is 0 Å². The van der Waals surface area contributed by atoms with E-state index in [2.05, 4.69) is 15.0 Å². The summed E-state index contributed by atoms with van der Waals surface area (Å²) in [4.78, 5) is 61.9. The molecular weight excluding hydrogens is 927 g/mol. The van der Waals surface area contributed by atoms with Gasteiger partial charge < -0.3 is 33.9 Å². The van der Waals surface area contributed by atoms with E-state index in [4.69, 9.17) is 23.7 Å². The molecule has 14 heteroatoms. The molecule has 0 bridgehead atoms. The number of nitrogens with zero attached hydrogens (tertiary/aromatic N) is 3. The maximum absolute atomic E-state index is 12.7. The lowest BCUT2D eigenvalue weighted by Crippen LogP contribution is -2.26. The number of hydrogen-bond acceptors (Lipinski definition) is 14. The van der Waals surface area contributed by atoms with Crippen molar-refractivity contribution in [3.05, 3.63) is 96.1 Å². The molecule has 2 atom stereocenters. The summed E-state index contributed by atoms with van der Waals surface area (Å²) in [6.07, 6.45) is 8.52. The highest BCUT2D eigenvalue weighted by molar-refractivity contribution is 5.96. The lowest BCUT2D eigenvalue weighted by molar-refractivity contribution is -0.151. The molecule has 0 spiro atoms. The first-order chi connectivity index (χ1) is 30.8. The van der Waals surface area contributed by atoms with Crippen molar-refractivity contribution in [1.82, 2.24) is 15.0 Å². The molecule has 4 aromatic carbocycles. The van der Waals surface area contributed by atoms with Gasteiger partial charge in [-0.05, 0) is 101 Å². The third kappa shape index (κ3) is 23.1. The number of ether oxygens (including phenoxy) is 5. The fourth-order valence-corrected chi connectivity index (χ4v) is 6.57. The van der Waals surface area contributed by atoms with E-state index in [0.717, 1.165) is 64.2 Å². The molecular formula is C59H93N3O11. The second-order valence-corrected chi connectivity index (χ2v) is 15.5. The minimum absolute atomic E-state index is 0. The Morgan fingerprint density at radius 2 is 0.863 bits per heavy atom. The normalized spacial score (nSPS) is 10.4. The monoisotopic (exact) mass is 1020 g/mol. The number of unbranched alkanes of at least 4 members (excludes halogenated alkanes) is 9. The van der Waals surface area contributed by atoms with Crippen LogP contribution in [0.25, 0.3) is 34.2 Å². The number of benzene rings is 4. The van der Waals surface area contributed by atoms with Gasteiger partial charge in [-0.25, -0.2) is 24.5 Å². The predicted molar refractivity (Wildman–Crippen MR) is 301 cm³/mol. The topological polar surface area (TPSA) is 194 Å². The summed E-state index contributed by atoms with van der Waals surface area (Å²) >= 11 is 0. The van der Waals surface area contributed by atoms with Gasteiger partial charge in [0.2, 0.25) is 0 Å². The van der Waals surface area contributed by atoms with Crippen molar-refractivity contribution in [2.45, 2.75) is 171 Å². The van der Waals surface area contributed by atoms with Crippen LogP contribution in [0.4, 0.5) is 0 Å². The quantitative estimate of drug-likeness (QED) is 0.0318. The summed E-state index contributed by atoms with van der Waals surface area (Å²) in [7, 11) is 1.56. The lowest BCUT2D eigenvalue weighted by atomic mass is 10.1. The minimum Gasteiger partial charge on any atom is -0.507 e. The van der Waals surface area contributed by atoms with Gasteiger partial charge in [0.25, 0.3) is 0 Å². The first kappa shape index (κ1) is 75.1. The Morgan fingerprint density at radius 3 is 1.27 bits per heavy atom. The number of hydrogen-bond donors (Lipinski definition) is 2. The number of aromatic nitrogens is 3. The Hall–Kier alpha value is -6.83. The maximum Gasteiger partial charge on any atom is 0.347 e. The van der Waals surface area contributed by atoms with Crippen molar-refractivity contribution in [2.24, 2.45) is 0 Å². The number of esters is 2. The average Bonchev–Trinajstić information content (AvgIpc) is 3.28. The first-order valence-electron chi connectivity index (χ1n) is 21.7. The molecule has 0 saturated heterocycles. The highest BCUT2D eigenvalue weighted by Gasteiger charge is 2.21. The van der Waals surface area contributed by atoms with E-state index in [0.29, 0.717) is 34.8 Å². The van der Waals surface area contributed by atoms with Crippen molar-refractivity contribution >= 4 is 23.5 Å². The second kappa shape index (κ2) is 37.9. The zero-order valence-electron chi connectivity index (χ0n) is 37.1. The zero-order chi connectivity index (χ0) is 46.0. The van der Waals surface area contributed by atoms with E-state index in [-0.39, 0.29) is 137 Å². The summed E-state index contributed by atoms with van der Waals surface area (Å²) in [6, 6.07) is 22.7. The third-order valence-electron chi connectivity index (χ3n) is 10.5. The fraction of sp³-hybridized carbons (Fsp3) is 0.475. The van der Waals surface area contributed by atoms with Crippen molar-refractivity contribution in [3.8, 4) is 62.9 Å². The summed E-state index contributed by atoms with van der Waals surface area (Å²) < 4.78 is 27.6. The highest BCUT2D eigenvalue weighted by Crippen LogP contribution is 2.36. The number of Topliss-reactive ketones (excluding diaryl/α,β-unsaturated/α-hetero) is 2. The van der Waals surface area contributed by atoms with Gasteiger partial charge in [0.05, 0.1) is 37.0 Å². The average molecular weight is 1020 g/mol. The molecule has 410 valence electrons. The molecule has 0 aliphatic carbocycles. The van der Waals surface area contributed by atoms with E-state index in [1.54, 1.807) is 93.8 Å². The molecule has 0 fully saturated rings. The third-order valence-corrected chi connectivity index (χ3v) is 10.5. The Morgan fingerprint density at radius 1 is 0.479 bits per heavy atom. The molecule has 2 N–H and O–H groups in total. The molecule has 73 heavy (non-hydrogen) atoms. The van der Waals surface area contributed by atoms with Crippen LogP contribution in [0.15, 0.2) is 84.9 Å². The molecule has 0 aliphatic heterocycles. The molecule has 0 saturated carbocycles. The van der Waals surface area contributed by atoms with E-state index in [1.165, 1.54) is 26.0 Å². The predicted octanol–water partition coefficient (Wildman–Crippen LogP) is 15.6. The van der Waals surface area contributed by atoms with Gasteiger partial charge in [-0.1, -0.05) is 130 Å². The van der Waals surface area contributed by atoms with Gasteiger partial charge in [-0.3, -0.25) is 9.59 Å². The van der Waals surface area contributed by atoms with Crippen LogP contribution in [0.3, 0.4) is 0 Å². The van der Waals surface area contributed by atoms with Crippen LogP contribution < -0.4 is 14.2 Å². The molecule has 0 radical (unpaired) electrons. The number of phenolic OH excluding ortho intramolecular Hbond substituents is 2. The molecule has 14 nitrogen and oxygen atoms in total. The van der Waals surface area contributed by atoms with E-state index in [9.17, 15) is 29.4 Å². The largest absolute Gasteiger partial charge is 0.507 e. The summed E-state index contributed by atoms with van der Waals surface area (Å²) in [5.74, 6) is 0.169. The van der Waals surface area contributed by atoms with E-state index < -0.39 is 18.2 Å². The molecule has 0 aliphatic rings. The van der Waals surface area contributed by atoms with Crippen LogP contribution in [0, 0.1) is 0 Å². The van der Waals surface area contributed by atoms with Gasteiger partial charge in [0.1, 0.15) is 28.7 Å². The highest BCUT2D eigenvalue weighted by atomic mass is 16.6.